The van der Waals surface area contributed by atoms with Crippen molar-refractivity contribution in [1.29, 1.82) is 0 Å². The second kappa shape index (κ2) is 8.00. The van der Waals surface area contributed by atoms with E-state index < -0.39 is 0 Å². The average molecular weight is 278 g/mol. The van der Waals surface area contributed by atoms with Gasteiger partial charge in [0.25, 0.3) is 5.69 Å². The molecule has 1 rings (SSSR count). The zero-order valence-electron chi connectivity index (χ0n) is 13.0. The van der Waals surface area contributed by atoms with Crippen molar-refractivity contribution in [2.24, 2.45) is 5.92 Å². The SMILES string of the molecule is CCCNC(Cc1cc(C)ccc1[N+](=O)[O-])CC(C)C. The molecule has 4 heteroatoms. The van der Waals surface area contributed by atoms with Crippen LogP contribution in [0.25, 0.3) is 0 Å². The molecule has 4 nitrogen and oxygen atoms in total. The number of nitrogens with one attached hydrogen (secondary N) is 1. The van der Waals surface area contributed by atoms with Crippen LogP contribution in [0, 0.1) is 23.0 Å². The third kappa shape index (κ3) is 5.29. The highest BCUT2D eigenvalue weighted by Gasteiger charge is 2.18. The van der Waals surface area contributed by atoms with Crippen LogP contribution >= 0.6 is 0 Å². The van der Waals surface area contributed by atoms with E-state index in [2.05, 4.69) is 26.1 Å². The summed E-state index contributed by atoms with van der Waals surface area (Å²) in [6.07, 6.45) is 2.83. The van der Waals surface area contributed by atoms with E-state index in [0.717, 1.165) is 36.9 Å². The Morgan fingerprint density at radius 1 is 1.35 bits per heavy atom. The second-order valence-electron chi connectivity index (χ2n) is 5.87. The molecule has 0 amide bonds. The van der Waals surface area contributed by atoms with Crippen LogP contribution in [0.4, 0.5) is 5.69 Å². The van der Waals surface area contributed by atoms with E-state index in [4.69, 9.17) is 0 Å². The standard InChI is InChI=1S/C16H26N2O2/c1-5-8-17-15(9-12(2)3)11-14-10-13(4)6-7-16(14)18(19)20/h6-7,10,12,15,17H,5,8-9,11H2,1-4H3. The smallest absolute Gasteiger partial charge is 0.272 e. The van der Waals surface area contributed by atoms with Crippen LogP contribution < -0.4 is 5.32 Å². The van der Waals surface area contributed by atoms with Crippen LogP contribution in [0.5, 0.6) is 0 Å². The Balaban J connectivity index is 2.90. The van der Waals surface area contributed by atoms with E-state index in [9.17, 15) is 10.1 Å². The molecular weight excluding hydrogens is 252 g/mol. The van der Waals surface area contributed by atoms with Crippen molar-refractivity contribution in [3.05, 3.63) is 39.4 Å². The summed E-state index contributed by atoms with van der Waals surface area (Å²) in [5, 5.41) is 14.6. The molecule has 0 spiro atoms. The number of nitrogens with zero attached hydrogens (tertiary/aromatic N) is 1. The third-order valence-electron chi connectivity index (χ3n) is 3.34. The van der Waals surface area contributed by atoms with E-state index in [0.29, 0.717) is 12.0 Å². The lowest BCUT2D eigenvalue weighted by Gasteiger charge is -2.20. The molecule has 0 radical (unpaired) electrons. The van der Waals surface area contributed by atoms with E-state index in [1.54, 1.807) is 12.1 Å². The van der Waals surface area contributed by atoms with Crippen molar-refractivity contribution in [1.82, 2.24) is 5.32 Å². The Hall–Kier alpha value is -1.42. The van der Waals surface area contributed by atoms with Crippen molar-refractivity contribution in [3.8, 4) is 0 Å². The maximum absolute atomic E-state index is 11.1. The van der Waals surface area contributed by atoms with Gasteiger partial charge in [-0.25, -0.2) is 0 Å². The molecular formula is C16H26N2O2. The van der Waals surface area contributed by atoms with E-state index in [1.807, 2.05) is 13.0 Å². The van der Waals surface area contributed by atoms with Gasteiger partial charge in [-0.1, -0.05) is 32.4 Å². The maximum atomic E-state index is 11.1. The van der Waals surface area contributed by atoms with Gasteiger partial charge in [0.2, 0.25) is 0 Å². The molecule has 1 aromatic carbocycles. The van der Waals surface area contributed by atoms with Gasteiger partial charge in [-0.05, 0) is 44.7 Å². The fourth-order valence-electron chi connectivity index (χ4n) is 2.48. The number of hydrogen-bond acceptors (Lipinski definition) is 3. The first-order chi connectivity index (χ1) is 9.43. The van der Waals surface area contributed by atoms with E-state index in [1.165, 1.54) is 0 Å². The minimum absolute atomic E-state index is 0.239. The number of nitro benzene ring substituents is 1. The minimum Gasteiger partial charge on any atom is -0.314 e. The van der Waals surface area contributed by atoms with Gasteiger partial charge in [0.1, 0.15) is 0 Å². The molecule has 0 fully saturated rings. The summed E-state index contributed by atoms with van der Waals surface area (Å²) in [5.74, 6) is 0.577. The Morgan fingerprint density at radius 2 is 2.05 bits per heavy atom. The van der Waals surface area contributed by atoms with Gasteiger partial charge in [0.15, 0.2) is 0 Å². The number of rotatable bonds is 8. The quantitative estimate of drug-likeness (QED) is 0.580. The summed E-state index contributed by atoms with van der Waals surface area (Å²) < 4.78 is 0. The van der Waals surface area contributed by atoms with Crippen molar-refractivity contribution in [2.45, 2.75) is 53.0 Å². The summed E-state index contributed by atoms with van der Waals surface area (Å²) in [6.45, 7) is 9.44. The number of nitro groups is 1. The van der Waals surface area contributed by atoms with Crippen LogP contribution in [0.3, 0.4) is 0 Å². The molecule has 0 aliphatic carbocycles. The lowest BCUT2D eigenvalue weighted by atomic mass is 9.95. The van der Waals surface area contributed by atoms with Gasteiger partial charge in [-0.2, -0.15) is 0 Å². The predicted octanol–water partition coefficient (Wildman–Crippen LogP) is 3.86. The highest BCUT2D eigenvalue weighted by molar-refractivity contribution is 5.43. The van der Waals surface area contributed by atoms with Gasteiger partial charge in [-0.3, -0.25) is 10.1 Å². The molecule has 0 saturated carbocycles. The summed E-state index contributed by atoms with van der Waals surface area (Å²) in [5.41, 5.74) is 2.15. The Kier molecular flexibility index (Phi) is 6.65. The van der Waals surface area contributed by atoms with Gasteiger partial charge in [-0.15, -0.1) is 0 Å². The summed E-state index contributed by atoms with van der Waals surface area (Å²) in [4.78, 5) is 10.9. The van der Waals surface area contributed by atoms with Gasteiger partial charge in [0, 0.05) is 17.7 Å². The molecule has 0 aliphatic heterocycles. The molecule has 0 bridgehead atoms. The second-order valence-corrected chi connectivity index (χ2v) is 5.87. The molecule has 1 unspecified atom stereocenters. The van der Waals surface area contributed by atoms with Crippen LogP contribution in [-0.4, -0.2) is 17.5 Å². The molecule has 1 atom stereocenters. The van der Waals surface area contributed by atoms with Crippen molar-refractivity contribution < 1.29 is 4.92 Å². The Bertz CT molecular complexity index is 444. The topological polar surface area (TPSA) is 55.2 Å². The van der Waals surface area contributed by atoms with Crippen LogP contribution in [0.1, 0.15) is 44.7 Å². The Morgan fingerprint density at radius 3 is 2.60 bits per heavy atom. The summed E-state index contributed by atoms with van der Waals surface area (Å²) in [6, 6.07) is 5.67. The average Bonchev–Trinajstić information content (AvgIpc) is 2.35. The van der Waals surface area contributed by atoms with E-state index >= 15 is 0 Å². The van der Waals surface area contributed by atoms with Gasteiger partial charge >= 0.3 is 0 Å². The van der Waals surface area contributed by atoms with Crippen LogP contribution in [0.15, 0.2) is 18.2 Å². The molecule has 1 N–H and O–H groups in total. The number of aryl methyl sites for hydroxylation is 1. The maximum Gasteiger partial charge on any atom is 0.272 e. The first-order valence-electron chi connectivity index (χ1n) is 7.41. The zero-order valence-corrected chi connectivity index (χ0v) is 13.0. The summed E-state index contributed by atoms with van der Waals surface area (Å²) >= 11 is 0. The minimum atomic E-state index is -0.277. The molecule has 112 valence electrons. The van der Waals surface area contributed by atoms with Crippen molar-refractivity contribution in [2.75, 3.05) is 6.54 Å². The summed E-state index contributed by atoms with van der Waals surface area (Å²) in [7, 11) is 0. The third-order valence-corrected chi connectivity index (χ3v) is 3.34. The van der Waals surface area contributed by atoms with Crippen molar-refractivity contribution in [3.63, 3.8) is 0 Å². The first-order valence-corrected chi connectivity index (χ1v) is 7.41. The lowest BCUT2D eigenvalue weighted by Crippen LogP contribution is -2.33. The first kappa shape index (κ1) is 16.6. The van der Waals surface area contributed by atoms with E-state index in [-0.39, 0.29) is 10.6 Å². The zero-order chi connectivity index (χ0) is 15.1. The number of hydrogen-bond donors (Lipinski definition) is 1. The predicted molar refractivity (Wildman–Crippen MR) is 83.1 cm³/mol. The monoisotopic (exact) mass is 278 g/mol. The molecule has 0 saturated heterocycles. The normalized spacial score (nSPS) is 12.7. The van der Waals surface area contributed by atoms with Crippen molar-refractivity contribution >= 4 is 5.69 Å². The molecule has 1 aromatic rings. The molecule has 0 aliphatic rings. The fraction of sp³-hybridized carbons (Fsp3) is 0.625. The highest BCUT2D eigenvalue weighted by atomic mass is 16.6. The fourth-order valence-corrected chi connectivity index (χ4v) is 2.48. The lowest BCUT2D eigenvalue weighted by molar-refractivity contribution is -0.385. The molecule has 0 aromatic heterocycles. The van der Waals surface area contributed by atoms with Gasteiger partial charge < -0.3 is 5.32 Å². The van der Waals surface area contributed by atoms with Crippen LogP contribution in [-0.2, 0) is 6.42 Å². The van der Waals surface area contributed by atoms with Gasteiger partial charge in [0.05, 0.1) is 4.92 Å². The molecule has 20 heavy (non-hydrogen) atoms. The Labute approximate surface area is 121 Å². The van der Waals surface area contributed by atoms with Crippen LogP contribution in [0.2, 0.25) is 0 Å². The molecule has 0 heterocycles. The number of benzene rings is 1. The largest absolute Gasteiger partial charge is 0.314 e. The highest BCUT2D eigenvalue weighted by Crippen LogP contribution is 2.23.